The summed E-state index contributed by atoms with van der Waals surface area (Å²) < 4.78 is 0. The maximum atomic E-state index is 3.97. The summed E-state index contributed by atoms with van der Waals surface area (Å²) in [7, 11) is -0.240. The van der Waals surface area contributed by atoms with Gasteiger partial charge in [-0.15, -0.1) is 12.3 Å². The maximum Gasteiger partial charge on any atom is 0.0647 e. The molecule has 0 aliphatic carbocycles. The maximum absolute atomic E-state index is 3.97. The fraction of sp³-hybridized carbons (Fsp3) is 0.857. The molecule has 102 valence electrons. The first-order valence-corrected chi connectivity index (χ1v) is 8.59. The minimum absolute atomic E-state index is 0.240. The SMILES string of the molecule is C=C[SiH2]C(C)(C)C(N(CC)CC)N(CC)CC. The smallest absolute Gasteiger partial charge is 0.0647 e. The Labute approximate surface area is 111 Å². The Hall–Kier alpha value is -0.123. The van der Waals surface area contributed by atoms with Crippen LogP contribution in [0.15, 0.2) is 12.3 Å². The number of hydrogen-bond donors (Lipinski definition) is 0. The molecule has 0 saturated carbocycles. The molecule has 0 rings (SSSR count). The molecule has 2 nitrogen and oxygen atoms in total. The number of nitrogens with zero attached hydrogens (tertiary/aromatic N) is 2. The van der Waals surface area contributed by atoms with Crippen LogP contribution in [-0.4, -0.2) is 51.7 Å². The zero-order valence-electron chi connectivity index (χ0n) is 12.8. The molecule has 0 aromatic heterocycles. The molecular formula is C14H32N2Si. The predicted molar refractivity (Wildman–Crippen MR) is 82.4 cm³/mol. The zero-order valence-corrected chi connectivity index (χ0v) is 14.2. The normalized spacial score (nSPS) is 13.5. The van der Waals surface area contributed by atoms with E-state index in [2.05, 4.69) is 63.6 Å². The lowest BCUT2D eigenvalue weighted by molar-refractivity contribution is 0.0289. The third-order valence-electron chi connectivity index (χ3n) is 3.69. The summed E-state index contributed by atoms with van der Waals surface area (Å²) >= 11 is 0. The van der Waals surface area contributed by atoms with Gasteiger partial charge in [0.05, 0.1) is 15.7 Å². The van der Waals surface area contributed by atoms with Crippen molar-refractivity contribution in [1.29, 1.82) is 0 Å². The first kappa shape index (κ1) is 16.9. The molecule has 0 radical (unpaired) electrons. The van der Waals surface area contributed by atoms with E-state index in [1.165, 1.54) is 0 Å². The second kappa shape index (κ2) is 8.06. The van der Waals surface area contributed by atoms with Gasteiger partial charge in [0.25, 0.3) is 0 Å². The highest BCUT2D eigenvalue weighted by atomic mass is 28.2. The van der Waals surface area contributed by atoms with Crippen molar-refractivity contribution in [2.75, 3.05) is 26.2 Å². The molecule has 0 bridgehead atoms. The molecule has 0 spiro atoms. The van der Waals surface area contributed by atoms with E-state index in [0.717, 1.165) is 26.2 Å². The fourth-order valence-electron chi connectivity index (χ4n) is 2.84. The lowest BCUT2D eigenvalue weighted by Crippen LogP contribution is -2.54. The van der Waals surface area contributed by atoms with E-state index in [0.29, 0.717) is 11.2 Å². The lowest BCUT2D eigenvalue weighted by atomic mass is 10.1. The van der Waals surface area contributed by atoms with Gasteiger partial charge in [0, 0.05) is 0 Å². The summed E-state index contributed by atoms with van der Waals surface area (Å²) in [5.74, 6) is 0. The van der Waals surface area contributed by atoms with Crippen molar-refractivity contribution < 1.29 is 0 Å². The van der Waals surface area contributed by atoms with Crippen molar-refractivity contribution in [2.45, 2.75) is 52.7 Å². The van der Waals surface area contributed by atoms with Crippen molar-refractivity contribution in [2.24, 2.45) is 0 Å². The van der Waals surface area contributed by atoms with Gasteiger partial charge < -0.3 is 0 Å². The topological polar surface area (TPSA) is 6.48 Å². The van der Waals surface area contributed by atoms with Crippen LogP contribution in [-0.2, 0) is 0 Å². The van der Waals surface area contributed by atoms with Crippen LogP contribution in [0.1, 0.15) is 41.5 Å². The van der Waals surface area contributed by atoms with Gasteiger partial charge in [-0.3, -0.25) is 9.80 Å². The minimum Gasteiger partial charge on any atom is -0.288 e. The third kappa shape index (κ3) is 4.57. The van der Waals surface area contributed by atoms with Crippen molar-refractivity contribution in [3.05, 3.63) is 12.3 Å². The van der Waals surface area contributed by atoms with Gasteiger partial charge in [-0.25, -0.2) is 0 Å². The highest BCUT2D eigenvalue weighted by Gasteiger charge is 2.35. The van der Waals surface area contributed by atoms with Gasteiger partial charge in [0.15, 0.2) is 0 Å². The summed E-state index contributed by atoms with van der Waals surface area (Å²) in [6.07, 6.45) is 0.567. The van der Waals surface area contributed by atoms with Gasteiger partial charge in [0.1, 0.15) is 0 Å². The molecule has 0 N–H and O–H groups in total. The van der Waals surface area contributed by atoms with Gasteiger partial charge in [-0.05, 0) is 31.2 Å². The molecule has 0 heterocycles. The van der Waals surface area contributed by atoms with Crippen molar-refractivity contribution in [1.82, 2.24) is 9.80 Å². The second-order valence-electron chi connectivity index (χ2n) is 5.30. The van der Waals surface area contributed by atoms with E-state index in [4.69, 9.17) is 0 Å². The largest absolute Gasteiger partial charge is 0.288 e. The van der Waals surface area contributed by atoms with E-state index in [1.54, 1.807) is 0 Å². The molecule has 0 aliphatic heterocycles. The average molecular weight is 257 g/mol. The Morgan fingerprint density at radius 2 is 1.35 bits per heavy atom. The summed E-state index contributed by atoms with van der Waals surface area (Å²) in [4.78, 5) is 5.20. The molecule has 17 heavy (non-hydrogen) atoms. The van der Waals surface area contributed by atoms with E-state index in [1.807, 2.05) is 0 Å². The van der Waals surface area contributed by atoms with Crippen LogP contribution in [0.2, 0.25) is 5.04 Å². The molecule has 0 amide bonds. The van der Waals surface area contributed by atoms with E-state index < -0.39 is 0 Å². The Bertz CT molecular complexity index is 196. The summed E-state index contributed by atoms with van der Waals surface area (Å²) in [5.41, 5.74) is 2.19. The minimum atomic E-state index is -0.240. The Morgan fingerprint density at radius 3 is 1.59 bits per heavy atom. The molecule has 0 saturated heterocycles. The van der Waals surface area contributed by atoms with Gasteiger partial charge in [-0.1, -0.05) is 41.5 Å². The van der Waals surface area contributed by atoms with E-state index in [-0.39, 0.29) is 9.52 Å². The van der Waals surface area contributed by atoms with Gasteiger partial charge in [0.2, 0.25) is 0 Å². The highest BCUT2D eigenvalue weighted by Crippen LogP contribution is 2.34. The van der Waals surface area contributed by atoms with Crippen LogP contribution >= 0.6 is 0 Å². The summed E-state index contributed by atoms with van der Waals surface area (Å²) in [6.45, 7) is 22.4. The van der Waals surface area contributed by atoms with Crippen molar-refractivity contribution in [3.8, 4) is 0 Å². The van der Waals surface area contributed by atoms with E-state index >= 15 is 0 Å². The molecule has 0 fully saturated rings. The van der Waals surface area contributed by atoms with Crippen LogP contribution in [0.5, 0.6) is 0 Å². The van der Waals surface area contributed by atoms with Crippen molar-refractivity contribution in [3.63, 3.8) is 0 Å². The van der Waals surface area contributed by atoms with Crippen LogP contribution in [0.25, 0.3) is 0 Å². The van der Waals surface area contributed by atoms with Crippen LogP contribution < -0.4 is 0 Å². The lowest BCUT2D eigenvalue weighted by Gasteiger charge is -2.47. The quantitative estimate of drug-likeness (QED) is 0.462. The van der Waals surface area contributed by atoms with Crippen LogP contribution in [0.4, 0.5) is 0 Å². The Kier molecular flexibility index (Phi) is 8.00. The molecule has 0 unspecified atom stereocenters. The van der Waals surface area contributed by atoms with Crippen LogP contribution in [0, 0.1) is 0 Å². The molecular weight excluding hydrogens is 224 g/mol. The standard InChI is InChI=1S/C14H32N2Si/c1-8-15(9-2)13(16(10-3)11-4)14(6,7)17-12-5/h12-13H,5,8-11,17H2,1-4,6-7H3. The summed E-state index contributed by atoms with van der Waals surface area (Å²) in [5, 5.41) is 0.389. The number of rotatable bonds is 9. The molecule has 0 atom stereocenters. The van der Waals surface area contributed by atoms with Crippen LogP contribution in [0.3, 0.4) is 0 Å². The molecule has 3 heteroatoms. The summed E-state index contributed by atoms with van der Waals surface area (Å²) in [6, 6.07) is 0. The Morgan fingerprint density at radius 1 is 1.00 bits per heavy atom. The fourth-order valence-corrected chi connectivity index (χ4v) is 4.31. The third-order valence-corrected chi connectivity index (χ3v) is 5.39. The zero-order chi connectivity index (χ0) is 13.5. The first-order valence-electron chi connectivity index (χ1n) is 7.07. The van der Waals surface area contributed by atoms with Gasteiger partial charge >= 0.3 is 0 Å². The van der Waals surface area contributed by atoms with E-state index in [9.17, 15) is 0 Å². The molecule has 0 aromatic rings. The average Bonchev–Trinajstić information content (AvgIpc) is 2.29. The van der Waals surface area contributed by atoms with Crippen molar-refractivity contribution >= 4 is 9.52 Å². The van der Waals surface area contributed by atoms with Gasteiger partial charge in [-0.2, -0.15) is 0 Å². The number of hydrogen-bond acceptors (Lipinski definition) is 2. The Balaban J connectivity index is 5.12. The highest BCUT2D eigenvalue weighted by molar-refractivity contribution is 6.46. The second-order valence-corrected chi connectivity index (χ2v) is 8.11. The monoisotopic (exact) mass is 256 g/mol. The predicted octanol–water partition coefficient (Wildman–Crippen LogP) is 2.51. The first-order chi connectivity index (χ1) is 7.98. The molecule has 0 aliphatic rings. The molecule has 0 aromatic carbocycles.